The molecule has 0 aromatic rings. The van der Waals surface area contributed by atoms with E-state index in [1.165, 1.54) is 25.7 Å². The van der Waals surface area contributed by atoms with Crippen LogP contribution in [0.1, 0.15) is 67.2 Å². The molecule has 0 N–H and O–H groups in total. The highest BCUT2D eigenvalue weighted by molar-refractivity contribution is 6.40. The topological polar surface area (TPSA) is 0 Å². The fraction of sp³-hybridized carbons (Fsp3) is 1.00. The van der Waals surface area contributed by atoms with Crippen LogP contribution in [-0.2, 0) is 0 Å². The fourth-order valence-corrected chi connectivity index (χ4v) is 7.21. The normalized spacial score (nSPS) is 56.1. The van der Waals surface area contributed by atoms with Crippen LogP contribution < -0.4 is 0 Å². The lowest BCUT2D eigenvalue weighted by atomic mass is 9.31. The van der Waals surface area contributed by atoms with Crippen LogP contribution in [0.5, 0.6) is 0 Å². The van der Waals surface area contributed by atoms with Gasteiger partial charge in [0.1, 0.15) is 7.28 Å². The van der Waals surface area contributed by atoms with E-state index in [1.54, 1.807) is 0 Å². The van der Waals surface area contributed by atoms with Crippen LogP contribution in [0, 0.1) is 46.3 Å². The van der Waals surface area contributed by atoms with E-state index in [9.17, 15) is 0 Å². The molecule has 6 fully saturated rings. The summed E-state index contributed by atoms with van der Waals surface area (Å²) in [6.07, 6.45) is 6.03. The Hall–Kier alpha value is 0.0649. The molecule has 0 aromatic carbocycles. The Bertz CT molecular complexity index is 397. The van der Waals surface area contributed by atoms with Crippen LogP contribution in [0.15, 0.2) is 0 Å². The first-order valence-electron chi connectivity index (χ1n) is 9.58. The van der Waals surface area contributed by atoms with Gasteiger partial charge in [-0.25, -0.2) is 0 Å². The summed E-state index contributed by atoms with van der Waals surface area (Å²) >= 11 is 0. The summed E-state index contributed by atoms with van der Waals surface area (Å²) in [7, 11) is 2.86. The Kier molecular flexibility index (Phi) is 3.02. The van der Waals surface area contributed by atoms with E-state index in [1.807, 2.05) is 0 Å². The minimum Gasteiger partial charge on any atom is -0.0655 e. The molecular formula is C20H34B. The van der Waals surface area contributed by atoms with E-state index >= 15 is 0 Å². The SMILES string of the molecule is C[C@H]1[C@H]([B][C@@H]2C[C@@H]3C[C@H]([C@H]2C)C3(C)C)C[C@@H]2C[C@H]1C2(C)C. The average Bonchev–Trinajstić information content (AvgIpc) is 2.41. The smallest absolute Gasteiger partial charge is 0.0655 e. The van der Waals surface area contributed by atoms with Gasteiger partial charge in [0, 0.05) is 0 Å². The average molecular weight is 285 g/mol. The van der Waals surface area contributed by atoms with Crippen LogP contribution >= 0.6 is 0 Å². The summed E-state index contributed by atoms with van der Waals surface area (Å²) in [6.45, 7) is 15.2. The monoisotopic (exact) mass is 285 g/mol. The van der Waals surface area contributed by atoms with Crippen molar-refractivity contribution >= 4 is 7.28 Å². The molecule has 6 rings (SSSR count). The molecule has 0 amide bonds. The Morgan fingerprint density at radius 3 is 1.33 bits per heavy atom. The summed E-state index contributed by atoms with van der Waals surface area (Å²) in [4.78, 5) is 0. The van der Waals surface area contributed by atoms with Gasteiger partial charge in [0.05, 0.1) is 0 Å². The first-order chi connectivity index (χ1) is 9.73. The molecule has 0 nitrogen and oxygen atoms in total. The van der Waals surface area contributed by atoms with E-state index in [0.29, 0.717) is 10.8 Å². The summed E-state index contributed by atoms with van der Waals surface area (Å²) in [5, 5.41) is 0. The molecular weight excluding hydrogens is 251 g/mol. The molecule has 6 aliphatic rings. The van der Waals surface area contributed by atoms with Gasteiger partial charge in [-0.3, -0.25) is 0 Å². The van der Waals surface area contributed by atoms with Crippen LogP contribution in [0.2, 0.25) is 11.6 Å². The highest BCUT2D eigenvalue weighted by atomic mass is 14.6. The van der Waals surface area contributed by atoms with Crippen molar-refractivity contribution in [3.05, 3.63) is 0 Å². The Morgan fingerprint density at radius 1 is 0.667 bits per heavy atom. The lowest BCUT2D eigenvalue weighted by Crippen LogP contribution is -2.57. The van der Waals surface area contributed by atoms with Gasteiger partial charge in [-0.2, -0.15) is 0 Å². The number of hydrogen-bond donors (Lipinski definition) is 0. The minimum absolute atomic E-state index is 0.645. The Labute approximate surface area is 133 Å². The second-order valence-electron chi connectivity index (χ2n) is 10.4. The maximum absolute atomic E-state index is 2.86. The minimum atomic E-state index is 0.645. The number of rotatable bonds is 2. The molecule has 4 bridgehead atoms. The van der Waals surface area contributed by atoms with Gasteiger partial charge < -0.3 is 0 Å². The summed E-state index contributed by atoms with van der Waals surface area (Å²) in [5.41, 5.74) is 1.29. The maximum atomic E-state index is 2.86. The van der Waals surface area contributed by atoms with Crippen LogP contribution in [-0.4, -0.2) is 7.28 Å². The van der Waals surface area contributed by atoms with Gasteiger partial charge >= 0.3 is 0 Å². The summed E-state index contributed by atoms with van der Waals surface area (Å²) < 4.78 is 0. The standard InChI is InChI=1S/C20H34B/c1-11-15-7-13(19(15,3)4)9-17(11)21-18-10-14-8-16(12(18)2)20(14,5)6/h11-18H,7-10H2,1-6H3/t11-,12-,13+,14+,15-,16-,17-,18-/m1/s1. The Balaban J connectivity index is 1.42. The van der Waals surface area contributed by atoms with Crippen molar-refractivity contribution in [2.24, 2.45) is 46.3 Å². The van der Waals surface area contributed by atoms with Crippen molar-refractivity contribution in [3.8, 4) is 0 Å². The van der Waals surface area contributed by atoms with Crippen molar-refractivity contribution in [1.29, 1.82) is 0 Å². The first kappa shape index (κ1) is 14.6. The van der Waals surface area contributed by atoms with Gasteiger partial charge in [0.2, 0.25) is 0 Å². The number of hydrogen-bond acceptors (Lipinski definition) is 0. The third-order valence-corrected chi connectivity index (χ3v) is 9.32. The largest absolute Gasteiger partial charge is 0.118 e. The quantitative estimate of drug-likeness (QED) is 0.573. The molecule has 21 heavy (non-hydrogen) atoms. The highest BCUT2D eigenvalue weighted by Crippen LogP contribution is 2.68. The molecule has 0 heterocycles. The zero-order valence-corrected chi connectivity index (χ0v) is 15.0. The van der Waals surface area contributed by atoms with E-state index in [-0.39, 0.29) is 0 Å². The van der Waals surface area contributed by atoms with Crippen molar-refractivity contribution in [3.63, 3.8) is 0 Å². The lowest BCUT2D eigenvalue weighted by molar-refractivity contribution is -0.106. The molecule has 6 saturated carbocycles. The van der Waals surface area contributed by atoms with E-state index in [0.717, 1.165) is 47.1 Å². The van der Waals surface area contributed by atoms with Gasteiger partial charge in [-0.05, 0) is 59.2 Å². The second kappa shape index (κ2) is 4.32. The molecule has 0 aliphatic heterocycles. The maximum Gasteiger partial charge on any atom is 0.118 e. The van der Waals surface area contributed by atoms with Crippen molar-refractivity contribution in [2.45, 2.75) is 78.9 Å². The van der Waals surface area contributed by atoms with Crippen LogP contribution in [0.3, 0.4) is 0 Å². The third-order valence-electron chi connectivity index (χ3n) is 9.32. The molecule has 6 aliphatic carbocycles. The van der Waals surface area contributed by atoms with Gasteiger partial charge in [-0.15, -0.1) is 0 Å². The van der Waals surface area contributed by atoms with Gasteiger partial charge in [0.15, 0.2) is 0 Å². The zero-order valence-electron chi connectivity index (χ0n) is 15.0. The summed E-state index contributed by atoms with van der Waals surface area (Å²) in [5.74, 6) is 7.76. The fourth-order valence-electron chi connectivity index (χ4n) is 7.21. The Morgan fingerprint density at radius 2 is 1.05 bits per heavy atom. The first-order valence-corrected chi connectivity index (χ1v) is 9.58. The third kappa shape index (κ3) is 1.81. The lowest BCUT2D eigenvalue weighted by Gasteiger charge is -2.65. The van der Waals surface area contributed by atoms with Crippen molar-refractivity contribution in [1.82, 2.24) is 0 Å². The molecule has 1 heteroatoms. The molecule has 8 atom stereocenters. The van der Waals surface area contributed by atoms with Crippen molar-refractivity contribution in [2.75, 3.05) is 0 Å². The van der Waals surface area contributed by atoms with Crippen molar-refractivity contribution < 1.29 is 0 Å². The second-order valence-corrected chi connectivity index (χ2v) is 10.4. The number of fused-ring (bicyclic) bond motifs is 4. The predicted octanol–water partition coefficient (Wildman–Crippen LogP) is 5.67. The van der Waals surface area contributed by atoms with Gasteiger partial charge in [-0.1, -0.05) is 66.0 Å². The van der Waals surface area contributed by atoms with Gasteiger partial charge in [0.25, 0.3) is 0 Å². The molecule has 0 unspecified atom stereocenters. The van der Waals surface area contributed by atoms with E-state index < -0.39 is 0 Å². The van der Waals surface area contributed by atoms with E-state index in [4.69, 9.17) is 0 Å². The molecule has 1 radical (unpaired) electrons. The van der Waals surface area contributed by atoms with E-state index in [2.05, 4.69) is 48.8 Å². The zero-order chi connectivity index (χ0) is 15.2. The van der Waals surface area contributed by atoms with Crippen LogP contribution in [0.4, 0.5) is 0 Å². The molecule has 0 aromatic heterocycles. The summed E-state index contributed by atoms with van der Waals surface area (Å²) in [6, 6.07) is 0. The van der Waals surface area contributed by atoms with Crippen LogP contribution in [0.25, 0.3) is 0 Å². The molecule has 0 spiro atoms. The molecule has 0 saturated heterocycles. The predicted molar refractivity (Wildman–Crippen MR) is 91.6 cm³/mol. The molecule has 117 valence electrons. The highest BCUT2D eigenvalue weighted by Gasteiger charge is 2.59.